The molecule has 0 bridgehead atoms. The summed E-state index contributed by atoms with van der Waals surface area (Å²) in [4.78, 5) is 0. The van der Waals surface area contributed by atoms with Crippen molar-refractivity contribution < 1.29 is 19.7 Å². The third kappa shape index (κ3) is 2.89. The molecule has 4 nitrogen and oxygen atoms in total. The van der Waals surface area contributed by atoms with E-state index in [1.807, 2.05) is 6.07 Å². The molecule has 4 heteroatoms. The highest BCUT2D eigenvalue weighted by molar-refractivity contribution is 5.84. The predicted molar refractivity (Wildman–Crippen MR) is 86.6 cm³/mol. The summed E-state index contributed by atoms with van der Waals surface area (Å²) in [5, 5.41) is 20.8. The van der Waals surface area contributed by atoms with Crippen molar-refractivity contribution in [3.63, 3.8) is 0 Å². The normalized spacial score (nSPS) is 18.3. The van der Waals surface area contributed by atoms with Crippen molar-refractivity contribution in [1.82, 2.24) is 0 Å². The molecule has 1 aromatic rings. The van der Waals surface area contributed by atoms with Gasteiger partial charge < -0.3 is 19.7 Å². The van der Waals surface area contributed by atoms with Gasteiger partial charge in [-0.15, -0.1) is 0 Å². The van der Waals surface area contributed by atoms with Gasteiger partial charge in [0.2, 0.25) is 0 Å². The van der Waals surface area contributed by atoms with Gasteiger partial charge in [-0.05, 0) is 17.1 Å². The van der Waals surface area contributed by atoms with E-state index in [1.165, 1.54) is 0 Å². The molecule has 0 heterocycles. The van der Waals surface area contributed by atoms with Gasteiger partial charge in [-0.2, -0.15) is 0 Å². The summed E-state index contributed by atoms with van der Waals surface area (Å²) in [6.45, 7) is 6.20. The molecule has 1 aliphatic rings. The summed E-state index contributed by atoms with van der Waals surface area (Å²) in [5.74, 6) is -0.788. The van der Waals surface area contributed by atoms with Crippen molar-refractivity contribution in [2.75, 3.05) is 14.2 Å². The Labute approximate surface area is 131 Å². The molecule has 1 aromatic carbocycles. The first kappa shape index (κ1) is 16.6. The largest absolute Gasteiger partial charge is 0.507 e. The molecule has 120 valence electrons. The SMILES string of the molecule is COC1(OC)C=C(O)C(c2ccccc2O)=C(C(C)(C)C)C1. The van der Waals surface area contributed by atoms with Crippen LogP contribution in [0, 0.1) is 5.41 Å². The number of hydrogen-bond donors (Lipinski definition) is 2. The topological polar surface area (TPSA) is 58.9 Å². The Bertz CT molecular complexity index is 616. The minimum Gasteiger partial charge on any atom is -0.507 e. The molecule has 0 saturated carbocycles. The predicted octanol–water partition coefficient (Wildman–Crippen LogP) is 4.03. The summed E-state index contributed by atoms with van der Waals surface area (Å²) in [5.41, 5.74) is 2.01. The Kier molecular flexibility index (Phi) is 4.36. The van der Waals surface area contributed by atoms with E-state index >= 15 is 0 Å². The van der Waals surface area contributed by atoms with Crippen LogP contribution in [0.5, 0.6) is 5.75 Å². The van der Waals surface area contributed by atoms with Crippen LogP contribution in [0.3, 0.4) is 0 Å². The van der Waals surface area contributed by atoms with Gasteiger partial charge in [-0.25, -0.2) is 0 Å². The maximum absolute atomic E-state index is 10.6. The van der Waals surface area contributed by atoms with Gasteiger partial charge in [0.25, 0.3) is 0 Å². The second-order valence-corrected chi connectivity index (χ2v) is 6.55. The van der Waals surface area contributed by atoms with Gasteiger partial charge in [0.15, 0.2) is 5.79 Å². The summed E-state index contributed by atoms with van der Waals surface area (Å²) < 4.78 is 11.0. The quantitative estimate of drug-likeness (QED) is 0.828. The maximum atomic E-state index is 10.6. The Morgan fingerprint density at radius 3 is 2.14 bits per heavy atom. The highest BCUT2D eigenvalue weighted by atomic mass is 16.7. The average Bonchev–Trinajstić information content (AvgIpc) is 2.46. The van der Waals surface area contributed by atoms with E-state index in [0.717, 1.165) is 5.57 Å². The molecule has 2 rings (SSSR count). The smallest absolute Gasteiger partial charge is 0.194 e. The summed E-state index contributed by atoms with van der Waals surface area (Å²) in [6.07, 6.45) is 2.04. The van der Waals surface area contributed by atoms with Crippen LogP contribution in [0.2, 0.25) is 0 Å². The monoisotopic (exact) mass is 304 g/mol. The minimum absolute atomic E-state index is 0.0568. The standard InChI is InChI=1S/C18H24O4/c1-17(2,3)13-10-18(21-4,22-5)11-15(20)16(13)12-8-6-7-9-14(12)19/h6-9,11,19-20H,10H2,1-5H3. The van der Waals surface area contributed by atoms with E-state index in [2.05, 4.69) is 20.8 Å². The average molecular weight is 304 g/mol. The lowest BCUT2D eigenvalue weighted by molar-refractivity contribution is -0.172. The van der Waals surface area contributed by atoms with Crippen LogP contribution in [0.25, 0.3) is 5.57 Å². The Morgan fingerprint density at radius 1 is 1.05 bits per heavy atom. The van der Waals surface area contributed by atoms with Crippen molar-refractivity contribution in [3.05, 3.63) is 47.2 Å². The summed E-state index contributed by atoms with van der Waals surface area (Å²) in [7, 11) is 3.11. The molecule has 0 aliphatic heterocycles. The third-order valence-corrected chi connectivity index (χ3v) is 4.11. The molecule has 0 fully saturated rings. The highest BCUT2D eigenvalue weighted by Gasteiger charge is 2.40. The Hall–Kier alpha value is -1.78. The van der Waals surface area contributed by atoms with Crippen LogP contribution in [0.15, 0.2) is 41.7 Å². The number of para-hydroxylation sites is 1. The first-order valence-electron chi connectivity index (χ1n) is 7.28. The zero-order valence-corrected chi connectivity index (χ0v) is 13.8. The third-order valence-electron chi connectivity index (χ3n) is 4.11. The number of aliphatic hydroxyl groups excluding tert-OH is 1. The summed E-state index contributed by atoms with van der Waals surface area (Å²) in [6, 6.07) is 7.01. The van der Waals surface area contributed by atoms with Gasteiger partial charge in [0.1, 0.15) is 11.5 Å². The van der Waals surface area contributed by atoms with E-state index in [0.29, 0.717) is 17.6 Å². The van der Waals surface area contributed by atoms with Crippen molar-refractivity contribution in [1.29, 1.82) is 0 Å². The van der Waals surface area contributed by atoms with E-state index in [4.69, 9.17) is 9.47 Å². The maximum Gasteiger partial charge on any atom is 0.194 e. The highest BCUT2D eigenvalue weighted by Crippen LogP contribution is 2.47. The van der Waals surface area contributed by atoms with Gasteiger partial charge in [0.05, 0.1) is 0 Å². The second kappa shape index (κ2) is 5.78. The molecule has 0 radical (unpaired) electrons. The molecule has 0 saturated heterocycles. The van der Waals surface area contributed by atoms with Crippen molar-refractivity contribution in [3.8, 4) is 5.75 Å². The number of allylic oxidation sites excluding steroid dienone is 1. The Morgan fingerprint density at radius 2 is 1.64 bits per heavy atom. The molecule has 1 aliphatic carbocycles. The van der Waals surface area contributed by atoms with Crippen molar-refractivity contribution in [2.45, 2.75) is 33.0 Å². The lowest BCUT2D eigenvalue weighted by atomic mass is 9.74. The fourth-order valence-electron chi connectivity index (χ4n) is 2.79. The number of aliphatic hydroxyl groups is 1. The number of hydrogen-bond acceptors (Lipinski definition) is 4. The van der Waals surface area contributed by atoms with Crippen LogP contribution in [-0.4, -0.2) is 30.2 Å². The van der Waals surface area contributed by atoms with Crippen molar-refractivity contribution >= 4 is 5.57 Å². The van der Waals surface area contributed by atoms with E-state index in [1.54, 1.807) is 38.5 Å². The van der Waals surface area contributed by atoms with Crippen LogP contribution in [-0.2, 0) is 9.47 Å². The number of methoxy groups -OCH3 is 2. The zero-order chi connectivity index (χ0) is 16.5. The number of phenolic OH excluding ortho intramolecular Hbond substituents is 1. The first-order valence-corrected chi connectivity index (χ1v) is 7.28. The van der Waals surface area contributed by atoms with E-state index in [9.17, 15) is 10.2 Å². The molecule has 0 aromatic heterocycles. The number of ether oxygens (including phenoxy) is 2. The van der Waals surface area contributed by atoms with E-state index in [-0.39, 0.29) is 16.9 Å². The molecule has 0 unspecified atom stereocenters. The number of benzene rings is 1. The fraction of sp³-hybridized carbons (Fsp3) is 0.444. The summed E-state index contributed by atoms with van der Waals surface area (Å²) >= 11 is 0. The van der Waals surface area contributed by atoms with E-state index < -0.39 is 5.79 Å². The molecule has 0 amide bonds. The van der Waals surface area contributed by atoms with Crippen LogP contribution in [0.4, 0.5) is 0 Å². The lowest BCUT2D eigenvalue weighted by Crippen LogP contribution is -2.37. The fourth-order valence-corrected chi connectivity index (χ4v) is 2.79. The molecule has 0 spiro atoms. The van der Waals surface area contributed by atoms with Gasteiger partial charge in [-0.3, -0.25) is 0 Å². The molecular weight excluding hydrogens is 280 g/mol. The van der Waals surface area contributed by atoms with Gasteiger partial charge in [0, 0.05) is 37.9 Å². The van der Waals surface area contributed by atoms with Crippen LogP contribution >= 0.6 is 0 Å². The molecular formula is C18H24O4. The lowest BCUT2D eigenvalue weighted by Gasteiger charge is -2.38. The number of phenols is 1. The molecule has 0 atom stereocenters. The Balaban J connectivity index is 2.69. The number of rotatable bonds is 3. The number of aromatic hydroxyl groups is 1. The molecule has 2 N–H and O–H groups in total. The van der Waals surface area contributed by atoms with Crippen LogP contribution in [0.1, 0.15) is 32.8 Å². The van der Waals surface area contributed by atoms with Gasteiger partial charge in [-0.1, -0.05) is 39.0 Å². The second-order valence-electron chi connectivity index (χ2n) is 6.55. The van der Waals surface area contributed by atoms with Gasteiger partial charge >= 0.3 is 0 Å². The minimum atomic E-state index is -0.986. The zero-order valence-electron chi connectivity index (χ0n) is 13.8. The first-order chi connectivity index (χ1) is 10.2. The van der Waals surface area contributed by atoms with Crippen LogP contribution < -0.4 is 0 Å². The molecule has 22 heavy (non-hydrogen) atoms. The van der Waals surface area contributed by atoms with Crippen molar-refractivity contribution in [2.24, 2.45) is 5.41 Å².